The number of methoxy groups -OCH3 is 1. The van der Waals surface area contributed by atoms with E-state index >= 15 is 0 Å². The molecule has 0 aromatic heterocycles. The predicted molar refractivity (Wildman–Crippen MR) is 95.6 cm³/mol. The van der Waals surface area contributed by atoms with Crippen LogP contribution in [-0.2, 0) is 9.53 Å². The molecular weight excluding hydrogens is 292 g/mol. The summed E-state index contributed by atoms with van der Waals surface area (Å²) >= 11 is 0. The van der Waals surface area contributed by atoms with Gasteiger partial charge in [-0.25, -0.2) is 0 Å². The van der Waals surface area contributed by atoms with Crippen molar-refractivity contribution in [2.24, 2.45) is 5.92 Å². The SMILES string of the molecule is CCCCCC[Si](C)(C)N1CCN(CC(C)C(=O)OC)CC1. The van der Waals surface area contributed by atoms with E-state index in [4.69, 9.17) is 4.74 Å². The van der Waals surface area contributed by atoms with E-state index in [1.807, 2.05) is 6.92 Å². The summed E-state index contributed by atoms with van der Waals surface area (Å²) in [7, 11) is 0.240. The Balaban J connectivity index is 2.32. The number of esters is 1. The monoisotopic (exact) mass is 328 g/mol. The van der Waals surface area contributed by atoms with Crippen molar-refractivity contribution < 1.29 is 9.53 Å². The highest BCUT2D eigenvalue weighted by Crippen LogP contribution is 2.21. The molecule has 1 atom stereocenters. The summed E-state index contributed by atoms with van der Waals surface area (Å²) in [6.45, 7) is 14.6. The number of hydrogen-bond donors (Lipinski definition) is 0. The van der Waals surface area contributed by atoms with Gasteiger partial charge >= 0.3 is 5.97 Å². The molecule has 1 aliphatic rings. The quantitative estimate of drug-likeness (QED) is 0.370. The van der Waals surface area contributed by atoms with Crippen LogP contribution in [0.5, 0.6) is 0 Å². The van der Waals surface area contributed by atoms with Gasteiger partial charge in [-0.05, 0) is 6.04 Å². The third kappa shape index (κ3) is 6.38. The molecule has 4 nitrogen and oxygen atoms in total. The summed E-state index contributed by atoms with van der Waals surface area (Å²) in [5.74, 6) is -0.107. The molecule has 0 amide bonds. The van der Waals surface area contributed by atoms with Crippen LogP contribution in [0.15, 0.2) is 0 Å². The normalized spacial score (nSPS) is 19.1. The minimum absolute atomic E-state index is 0.0177. The zero-order valence-electron chi connectivity index (χ0n) is 15.4. The lowest BCUT2D eigenvalue weighted by Gasteiger charge is -2.43. The molecule has 22 heavy (non-hydrogen) atoms. The molecule has 0 N–H and O–H groups in total. The molecule has 1 unspecified atom stereocenters. The molecule has 1 fully saturated rings. The molecule has 1 aliphatic heterocycles. The van der Waals surface area contributed by atoms with Crippen LogP contribution in [-0.4, -0.2) is 63.5 Å². The van der Waals surface area contributed by atoms with Gasteiger partial charge in [0.05, 0.1) is 13.0 Å². The number of ether oxygens (including phenoxy) is 1. The van der Waals surface area contributed by atoms with E-state index in [1.54, 1.807) is 0 Å². The highest BCUT2D eigenvalue weighted by atomic mass is 28.3. The zero-order valence-corrected chi connectivity index (χ0v) is 16.4. The molecule has 0 aliphatic carbocycles. The fraction of sp³-hybridized carbons (Fsp3) is 0.941. The topological polar surface area (TPSA) is 32.8 Å². The molecule has 5 heteroatoms. The van der Waals surface area contributed by atoms with E-state index in [9.17, 15) is 4.79 Å². The molecule has 0 radical (unpaired) electrons. The molecule has 1 heterocycles. The number of nitrogens with zero attached hydrogens (tertiary/aromatic N) is 2. The van der Waals surface area contributed by atoms with Gasteiger partial charge in [0.1, 0.15) is 8.24 Å². The maximum atomic E-state index is 11.5. The Bertz CT molecular complexity index is 329. The van der Waals surface area contributed by atoms with E-state index in [0.717, 1.165) is 19.6 Å². The first-order valence-corrected chi connectivity index (χ1v) is 12.1. The van der Waals surface area contributed by atoms with Crippen LogP contribution in [0.1, 0.15) is 39.5 Å². The predicted octanol–water partition coefficient (Wildman–Crippen LogP) is 3.20. The second kappa shape index (κ2) is 9.68. The molecular formula is C17H36N2O2Si. The van der Waals surface area contributed by atoms with Gasteiger partial charge in [-0.1, -0.05) is 52.6 Å². The van der Waals surface area contributed by atoms with E-state index in [-0.39, 0.29) is 11.9 Å². The first-order chi connectivity index (χ1) is 10.4. The molecule has 1 rings (SSSR count). The summed E-state index contributed by atoms with van der Waals surface area (Å²) in [6.07, 6.45) is 5.49. The molecule has 0 bridgehead atoms. The molecule has 1 saturated heterocycles. The van der Waals surface area contributed by atoms with Crippen molar-refractivity contribution in [1.29, 1.82) is 0 Å². The van der Waals surface area contributed by atoms with Gasteiger partial charge in [-0.2, -0.15) is 0 Å². The lowest BCUT2D eigenvalue weighted by molar-refractivity contribution is -0.145. The minimum atomic E-state index is -1.24. The maximum absolute atomic E-state index is 11.5. The van der Waals surface area contributed by atoms with Crippen molar-refractivity contribution in [3.05, 3.63) is 0 Å². The zero-order chi connectivity index (χ0) is 16.6. The van der Waals surface area contributed by atoms with Crippen molar-refractivity contribution in [2.75, 3.05) is 39.8 Å². The smallest absolute Gasteiger partial charge is 0.309 e. The van der Waals surface area contributed by atoms with Crippen LogP contribution in [0.2, 0.25) is 19.1 Å². The third-order valence-corrected chi connectivity index (χ3v) is 8.74. The average molecular weight is 329 g/mol. The van der Waals surface area contributed by atoms with Crippen molar-refractivity contribution in [1.82, 2.24) is 9.47 Å². The Labute approximate surface area is 138 Å². The molecule has 0 saturated carbocycles. The number of rotatable bonds is 9. The Morgan fingerprint density at radius 1 is 1.14 bits per heavy atom. The number of hydrogen-bond acceptors (Lipinski definition) is 4. The molecule has 0 aromatic carbocycles. The number of carbonyl (C=O) groups is 1. The van der Waals surface area contributed by atoms with Crippen LogP contribution < -0.4 is 0 Å². The first-order valence-electron chi connectivity index (χ1n) is 8.96. The Morgan fingerprint density at radius 3 is 2.32 bits per heavy atom. The van der Waals surface area contributed by atoms with Crippen molar-refractivity contribution in [3.8, 4) is 0 Å². The van der Waals surface area contributed by atoms with Gasteiger partial charge < -0.3 is 14.2 Å². The lowest BCUT2D eigenvalue weighted by atomic mass is 10.1. The highest BCUT2D eigenvalue weighted by Gasteiger charge is 2.32. The number of piperazine rings is 1. The summed E-state index contributed by atoms with van der Waals surface area (Å²) in [6, 6.07) is 1.42. The van der Waals surface area contributed by atoms with E-state index in [0.29, 0.717) is 0 Å². The Morgan fingerprint density at radius 2 is 1.77 bits per heavy atom. The summed E-state index contributed by atoms with van der Waals surface area (Å²) in [4.78, 5) is 13.9. The van der Waals surface area contributed by atoms with Crippen LogP contribution in [0.4, 0.5) is 0 Å². The van der Waals surface area contributed by atoms with Gasteiger partial charge in [-0.3, -0.25) is 4.79 Å². The maximum Gasteiger partial charge on any atom is 0.309 e. The molecule has 0 spiro atoms. The minimum Gasteiger partial charge on any atom is -0.469 e. The number of carbonyl (C=O) groups excluding carboxylic acids is 1. The van der Waals surface area contributed by atoms with E-state index in [1.165, 1.54) is 51.9 Å². The van der Waals surface area contributed by atoms with Crippen LogP contribution in [0, 0.1) is 5.92 Å². The summed E-state index contributed by atoms with van der Waals surface area (Å²) in [5, 5.41) is 0. The van der Waals surface area contributed by atoms with Crippen LogP contribution in [0.25, 0.3) is 0 Å². The Kier molecular flexibility index (Phi) is 8.65. The van der Waals surface area contributed by atoms with Crippen molar-refractivity contribution >= 4 is 14.2 Å². The van der Waals surface area contributed by atoms with Gasteiger partial charge in [0.25, 0.3) is 0 Å². The second-order valence-electron chi connectivity index (χ2n) is 7.33. The van der Waals surface area contributed by atoms with Gasteiger partial charge in [0.2, 0.25) is 0 Å². The van der Waals surface area contributed by atoms with Gasteiger partial charge in [0.15, 0.2) is 0 Å². The van der Waals surface area contributed by atoms with Crippen molar-refractivity contribution in [3.63, 3.8) is 0 Å². The van der Waals surface area contributed by atoms with Gasteiger partial charge in [-0.15, -0.1) is 0 Å². The van der Waals surface area contributed by atoms with Crippen LogP contribution in [0.3, 0.4) is 0 Å². The summed E-state index contributed by atoms with van der Waals surface area (Å²) in [5.41, 5.74) is 0. The van der Waals surface area contributed by atoms with Crippen LogP contribution >= 0.6 is 0 Å². The molecule has 130 valence electrons. The standard InChI is InChI=1S/C17H36N2O2Si/c1-6-7-8-9-14-22(4,5)19-12-10-18(11-13-19)15-16(2)17(20)21-3/h16H,6-15H2,1-5H3. The van der Waals surface area contributed by atoms with E-state index in [2.05, 4.69) is 29.5 Å². The third-order valence-electron chi connectivity index (χ3n) is 5.01. The highest BCUT2D eigenvalue weighted by molar-refractivity contribution is 6.74. The Hall–Kier alpha value is -0.393. The second-order valence-corrected chi connectivity index (χ2v) is 12.1. The van der Waals surface area contributed by atoms with Gasteiger partial charge in [0, 0.05) is 32.7 Å². The molecule has 0 aromatic rings. The lowest BCUT2D eigenvalue weighted by Crippen LogP contribution is -2.57. The number of unbranched alkanes of at least 4 members (excludes halogenated alkanes) is 3. The van der Waals surface area contributed by atoms with E-state index < -0.39 is 8.24 Å². The first kappa shape index (κ1) is 19.7. The fourth-order valence-electron chi connectivity index (χ4n) is 3.34. The summed E-state index contributed by atoms with van der Waals surface area (Å²) < 4.78 is 7.59. The largest absolute Gasteiger partial charge is 0.469 e. The van der Waals surface area contributed by atoms with Crippen molar-refractivity contribution in [2.45, 2.75) is 58.7 Å². The fourth-order valence-corrected chi connectivity index (χ4v) is 6.18. The average Bonchev–Trinajstić information content (AvgIpc) is 2.51.